The van der Waals surface area contributed by atoms with Crippen molar-refractivity contribution in [2.75, 3.05) is 11.4 Å². The molecule has 1 unspecified atom stereocenters. The number of amides is 3. The van der Waals surface area contributed by atoms with Crippen LogP contribution in [0.15, 0.2) is 60.7 Å². The first-order valence-electron chi connectivity index (χ1n) is 12.9. The van der Waals surface area contributed by atoms with Gasteiger partial charge in [-0.05, 0) is 49.8 Å². The van der Waals surface area contributed by atoms with Crippen LogP contribution in [0.1, 0.15) is 60.5 Å². The van der Waals surface area contributed by atoms with Gasteiger partial charge in [0, 0.05) is 23.5 Å². The van der Waals surface area contributed by atoms with Crippen LogP contribution >= 0.6 is 0 Å². The van der Waals surface area contributed by atoms with E-state index in [1.165, 1.54) is 6.42 Å². The summed E-state index contributed by atoms with van der Waals surface area (Å²) in [5.74, 6) is -0.563. The zero-order valence-corrected chi connectivity index (χ0v) is 21.0. The average molecular weight is 484 g/mol. The Kier molecular flexibility index (Phi) is 6.77. The lowest BCUT2D eigenvalue weighted by atomic mass is 9.95. The summed E-state index contributed by atoms with van der Waals surface area (Å²) < 4.78 is 0. The van der Waals surface area contributed by atoms with Gasteiger partial charge in [0.25, 0.3) is 5.91 Å². The molecule has 6 heteroatoms. The maximum absolute atomic E-state index is 13.8. The van der Waals surface area contributed by atoms with Crippen LogP contribution in [0, 0.1) is 6.92 Å². The number of nitrogens with zero attached hydrogens (tertiary/aromatic N) is 2. The van der Waals surface area contributed by atoms with Crippen LogP contribution < -0.4 is 10.2 Å². The molecule has 1 aliphatic carbocycles. The highest BCUT2D eigenvalue weighted by molar-refractivity contribution is 6.26. The smallest absolute Gasteiger partial charge is 0.259 e. The van der Waals surface area contributed by atoms with Crippen molar-refractivity contribution >= 4 is 34.2 Å². The molecule has 6 nitrogen and oxygen atoms in total. The summed E-state index contributed by atoms with van der Waals surface area (Å²) in [6.45, 7) is 3.99. The Morgan fingerprint density at radius 1 is 1.03 bits per heavy atom. The predicted octanol–water partition coefficient (Wildman–Crippen LogP) is 4.97. The van der Waals surface area contributed by atoms with E-state index in [0.29, 0.717) is 12.1 Å². The summed E-state index contributed by atoms with van der Waals surface area (Å²) in [5.41, 5.74) is 3.41. The standard InChI is InChI=1S/C30H33N3O3/c1-20-9-6-10-22(17-20)18-32(21(2)29(35)31-24-13-4-3-5-14-24)27(34)19-33-26-16-8-12-23-11-7-15-25(28(23)26)30(33)36/h6-12,15-17,21,24H,3-5,13-14,18-19H2,1-2H3,(H,31,35). The van der Waals surface area contributed by atoms with Crippen LogP contribution in [-0.4, -0.2) is 41.2 Å². The minimum atomic E-state index is -0.657. The Morgan fingerprint density at radius 2 is 1.75 bits per heavy atom. The SMILES string of the molecule is Cc1cccc(CN(C(=O)CN2C(=O)c3cccc4cccc2c34)C(C)C(=O)NC2CCCCC2)c1. The fourth-order valence-electron chi connectivity index (χ4n) is 5.52. The molecule has 3 amide bonds. The quantitative estimate of drug-likeness (QED) is 0.516. The molecule has 5 rings (SSSR count). The van der Waals surface area contributed by atoms with Gasteiger partial charge in [-0.2, -0.15) is 0 Å². The van der Waals surface area contributed by atoms with E-state index in [-0.39, 0.29) is 30.3 Å². The normalized spacial score (nSPS) is 16.3. The first-order valence-corrected chi connectivity index (χ1v) is 12.9. The Bertz CT molecular complexity index is 1310. The zero-order valence-electron chi connectivity index (χ0n) is 21.0. The molecule has 3 aromatic rings. The summed E-state index contributed by atoms with van der Waals surface area (Å²) in [4.78, 5) is 43.5. The minimum absolute atomic E-state index is 0.112. The topological polar surface area (TPSA) is 69.7 Å². The Labute approximate surface area is 212 Å². The number of nitrogens with one attached hydrogen (secondary N) is 1. The fraction of sp³-hybridized carbons (Fsp3) is 0.367. The summed E-state index contributed by atoms with van der Waals surface area (Å²) >= 11 is 0. The van der Waals surface area contributed by atoms with E-state index in [2.05, 4.69) is 5.32 Å². The van der Waals surface area contributed by atoms with Gasteiger partial charge in [-0.15, -0.1) is 0 Å². The molecule has 1 N–H and O–H groups in total. The first kappa shape index (κ1) is 24.0. The summed E-state index contributed by atoms with van der Waals surface area (Å²) in [5, 5.41) is 5.03. The fourth-order valence-corrected chi connectivity index (χ4v) is 5.52. The molecular formula is C30H33N3O3. The van der Waals surface area contributed by atoms with Crippen LogP contribution in [0.4, 0.5) is 5.69 Å². The van der Waals surface area contributed by atoms with Crippen LogP contribution in [0.3, 0.4) is 0 Å². The third-order valence-corrected chi connectivity index (χ3v) is 7.50. The number of hydrogen-bond acceptors (Lipinski definition) is 3. The Balaban J connectivity index is 1.40. The predicted molar refractivity (Wildman–Crippen MR) is 142 cm³/mol. The number of hydrogen-bond donors (Lipinski definition) is 1. The van der Waals surface area contributed by atoms with Crippen LogP contribution in [-0.2, 0) is 16.1 Å². The van der Waals surface area contributed by atoms with Crippen molar-refractivity contribution in [3.63, 3.8) is 0 Å². The van der Waals surface area contributed by atoms with Crippen molar-refractivity contribution in [1.29, 1.82) is 0 Å². The first-order chi connectivity index (χ1) is 17.4. The number of aryl methyl sites for hydroxylation is 1. The summed E-state index contributed by atoms with van der Waals surface area (Å²) in [6.07, 6.45) is 5.41. The molecule has 1 saturated carbocycles. The van der Waals surface area contributed by atoms with Crippen molar-refractivity contribution in [1.82, 2.24) is 10.2 Å². The van der Waals surface area contributed by atoms with Gasteiger partial charge in [0.15, 0.2) is 0 Å². The van der Waals surface area contributed by atoms with Crippen LogP contribution in [0.2, 0.25) is 0 Å². The van der Waals surface area contributed by atoms with Crippen molar-refractivity contribution in [2.45, 2.75) is 64.6 Å². The van der Waals surface area contributed by atoms with Gasteiger partial charge in [-0.1, -0.05) is 73.4 Å². The van der Waals surface area contributed by atoms with E-state index in [0.717, 1.165) is 53.3 Å². The Hall–Kier alpha value is -3.67. The monoisotopic (exact) mass is 483 g/mol. The highest BCUT2D eigenvalue weighted by Crippen LogP contribution is 2.37. The lowest BCUT2D eigenvalue weighted by molar-refractivity contribution is -0.139. The molecule has 186 valence electrons. The van der Waals surface area contributed by atoms with Crippen molar-refractivity contribution < 1.29 is 14.4 Å². The molecule has 1 aliphatic heterocycles. The maximum atomic E-state index is 13.8. The van der Waals surface area contributed by atoms with Crippen molar-refractivity contribution in [3.8, 4) is 0 Å². The number of rotatable bonds is 7. The minimum Gasteiger partial charge on any atom is -0.352 e. The summed E-state index contributed by atoms with van der Waals surface area (Å²) in [7, 11) is 0. The maximum Gasteiger partial charge on any atom is 0.259 e. The van der Waals surface area contributed by atoms with Gasteiger partial charge < -0.3 is 10.2 Å². The molecule has 36 heavy (non-hydrogen) atoms. The van der Waals surface area contributed by atoms with Gasteiger partial charge in [0.2, 0.25) is 11.8 Å². The van der Waals surface area contributed by atoms with Crippen LogP contribution in [0.25, 0.3) is 10.8 Å². The second-order valence-electron chi connectivity index (χ2n) is 10.1. The highest BCUT2D eigenvalue weighted by atomic mass is 16.2. The van der Waals surface area contributed by atoms with Crippen LogP contribution in [0.5, 0.6) is 0 Å². The molecule has 0 aromatic heterocycles. The summed E-state index contributed by atoms with van der Waals surface area (Å²) in [6, 6.07) is 18.9. The number of carbonyl (C=O) groups is 3. The molecule has 1 fully saturated rings. The molecule has 1 heterocycles. The molecule has 0 spiro atoms. The molecule has 1 atom stereocenters. The van der Waals surface area contributed by atoms with E-state index in [1.807, 2.05) is 67.6 Å². The largest absolute Gasteiger partial charge is 0.352 e. The van der Waals surface area contributed by atoms with Gasteiger partial charge in [-0.3, -0.25) is 19.3 Å². The van der Waals surface area contributed by atoms with E-state index in [1.54, 1.807) is 16.7 Å². The van der Waals surface area contributed by atoms with Crippen molar-refractivity contribution in [3.05, 3.63) is 77.4 Å². The lowest BCUT2D eigenvalue weighted by Gasteiger charge is -2.32. The second-order valence-corrected chi connectivity index (χ2v) is 10.1. The number of carbonyl (C=O) groups excluding carboxylic acids is 3. The zero-order chi connectivity index (χ0) is 25.2. The van der Waals surface area contributed by atoms with E-state index >= 15 is 0 Å². The molecule has 3 aromatic carbocycles. The Morgan fingerprint density at radius 3 is 2.50 bits per heavy atom. The van der Waals surface area contributed by atoms with Gasteiger partial charge in [-0.25, -0.2) is 0 Å². The van der Waals surface area contributed by atoms with Gasteiger partial charge in [0.1, 0.15) is 12.6 Å². The molecular weight excluding hydrogens is 450 g/mol. The number of anilines is 1. The average Bonchev–Trinajstić information content (AvgIpc) is 3.15. The van der Waals surface area contributed by atoms with Gasteiger partial charge in [0.05, 0.1) is 5.69 Å². The van der Waals surface area contributed by atoms with E-state index < -0.39 is 6.04 Å². The lowest BCUT2D eigenvalue weighted by Crippen LogP contribution is -2.52. The molecule has 0 radical (unpaired) electrons. The number of benzene rings is 3. The van der Waals surface area contributed by atoms with Crippen molar-refractivity contribution in [2.24, 2.45) is 0 Å². The second kappa shape index (κ2) is 10.1. The molecule has 0 saturated heterocycles. The third-order valence-electron chi connectivity index (χ3n) is 7.50. The highest BCUT2D eigenvalue weighted by Gasteiger charge is 2.34. The molecule has 2 aliphatic rings. The molecule has 0 bridgehead atoms. The van der Waals surface area contributed by atoms with Gasteiger partial charge >= 0.3 is 0 Å². The third kappa shape index (κ3) is 4.72. The van der Waals surface area contributed by atoms with E-state index in [9.17, 15) is 14.4 Å². The van der Waals surface area contributed by atoms with E-state index in [4.69, 9.17) is 0 Å².